The van der Waals surface area contributed by atoms with E-state index in [9.17, 15) is 13.2 Å². The minimum atomic E-state index is -2.94. The second-order valence-corrected chi connectivity index (χ2v) is 11.3. The minimum Gasteiger partial charge on any atom is -0.494 e. The number of rotatable bonds is 8. The highest BCUT2D eigenvalue weighted by Crippen LogP contribution is 2.34. The summed E-state index contributed by atoms with van der Waals surface area (Å²) in [7, 11) is -2.94. The smallest absolute Gasteiger partial charge is 0.224 e. The SMILES string of the molecule is CCOc1ccc(CCNC(=O)Cc2ccc(NC3=N[C@@H]4CS(=O)(=O)C[C@@H]4S3)cc2)cc1. The normalized spacial score (nSPS) is 21.0. The van der Waals surface area contributed by atoms with E-state index in [4.69, 9.17) is 4.74 Å². The lowest BCUT2D eigenvalue weighted by molar-refractivity contribution is -0.120. The van der Waals surface area contributed by atoms with Crippen molar-refractivity contribution in [3.63, 3.8) is 0 Å². The summed E-state index contributed by atoms with van der Waals surface area (Å²) in [6.45, 7) is 3.19. The van der Waals surface area contributed by atoms with Crippen LogP contribution < -0.4 is 15.4 Å². The summed E-state index contributed by atoms with van der Waals surface area (Å²) < 4.78 is 28.8. The zero-order valence-electron chi connectivity index (χ0n) is 17.9. The van der Waals surface area contributed by atoms with E-state index >= 15 is 0 Å². The van der Waals surface area contributed by atoms with E-state index in [0.717, 1.165) is 34.2 Å². The second-order valence-electron chi connectivity index (χ2n) is 7.91. The molecule has 0 unspecified atom stereocenters. The van der Waals surface area contributed by atoms with Crippen LogP contribution in [0.1, 0.15) is 18.1 Å². The molecule has 1 fully saturated rings. The molecule has 0 spiro atoms. The van der Waals surface area contributed by atoms with Crippen molar-refractivity contribution in [2.75, 3.05) is 30.0 Å². The summed E-state index contributed by atoms with van der Waals surface area (Å²) in [4.78, 5) is 16.8. The maximum Gasteiger partial charge on any atom is 0.224 e. The number of hydrogen-bond donors (Lipinski definition) is 2. The minimum absolute atomic E-state index is 0.0126. The molecule has 32 heavy (non-hydrogen) atoms. The lowest BCUT2D eigenvalue weighted by atomic mass is 10.1. The maximum atomic E-state index is 12.3. The van der Waals surface area contributed by atoms with E-state index in [-0.39, 0.29) is 28.7 Å². The molecule has 4 rings (SSSR count). The number of nitrogens with one attached hydrogen (secondary N) is 2. The van der Waals surface area contributed by atoms with Gasteiger partial charge in [-0.2, -0.15) is 0 Å². The van der Waals surface area contributed by atoms with Gasteiger partial charge >= 0.3 is 0 Å². The Hall–Kier alpha value is -2.52. The van der Waals surface area contributed by atoms with Gasteiger partial charge in [0.2, 0.25) is 5.91 Å². The molecule has 1 amide bonds. The first-order valence-electron chi connectivity index (χ1n) is 10.7. The van der Waals surface area contributed by atoms with Crippen LogP contribution in [0.5, 0.6) is 5.75 Å². The van der Waals surface area contributed by atoms with Gasteiger partial charge < -0.3 is 15.4 Å². The van der Waals surface area contributed by atoms with Gasteiger partial charge in [-0.1, -0.05) is 36.0 Å². The Balaban J connectivity index is 1.20. The van der Waals surface area contributed by atoms with Gasteiger partial charge in [-0.25, -0.2) is 8.42 Å². The summed E-state index contributed by atoms with van der Waals surface area (Å²) in [6.07, 6.45) is 1.09. The summed E-state index contributed by atoms with van der Waals surface area (Å²) in [6, 6.07) is 15.4. The highest BCUT2D eigenvalue weighted by molar-refractivity contribution is 8.15. The molecule has 1 saturated heterocycles. The third kappa shape index (κ3) is 6.04. The fourth-order valence-corrected chi connectivity index (χ4v) is 7.43. The van der Waals surface area contributed by atoms with Crippen molar-refractivity contribution in [1.82, 2.24) is 5.32 Å². The molecule has 2 aliphatic rings. The molecule has 0 aliphatic carbocycles. The Labute approximate surface area is 193 Å². The molecule has 2 aliphatic heterocycles. The summed E-state index contributed by atoms with van der Waals surface area (Å²) in [5.41, 5.74) is 2.95. The molecule has 2 aromatic rings. The number of thioether (sulfide) groups is 1. The highest BCUT2D eigenvalue weighted by Gasteiger charge is 2.42. The number of nitrogens with zero attached hydrogens (tertiary/aromatic N) is 1. The van der Waals surface area contributed by atoms with Crippen LogP contribution >= 0.6 is 11.8 Å². The van der Waals surface area contributed by atoms with E-state index in [2.05, 4.69) is 15.6 Å². The van der Waals surface area contributed by atoms with E-state index in [0.29, 0.717) is 19.6 Å². The van der Waals surface area contributed by atoms with Crippen molar-refractivity contribution >= 4 is 38.4 Å². The molecular formula is C23H27N3O4S2. The predicted molar refractivity (Wildman–Crippen MR) is 129 cm³/mol. The fourth-order valence-electron chi connectivity index (χ4n) is 3.76. The number of amides is 1. The number of sulfone groups is 1. The van der Waals surface area contributed by atoms with Gasteiger partial charge in [0.15, 0.2) is 15.0 Å². The highest BCUT2D eigenvalue weighted by atomic mass is 32.2. The van der Waals surface area contributed by atoms with Crippen molar-refractivity contribution in [3.05, 3.63) is 59.7 Å². The first kappa shape index (κ1) is 22.7. The van der Waals surface area contributed by atoms with Crippen LogP contribution in [0.4, 0.5) is 5.69 Å². The number of carbonyl (C=O) groups excluding carboxylic acids is 1. The largest absolute Gasteiger partial charge is 0.494 e. The Kier molecular flexibility index (Phi) is 7.05. The van der Waals surface area contributed by atoms with Crippen LogP contribution in [-0.4, -0.2) is 55.4 Å². The van der Waals surface area contributed by atoms with Crippen molar-refractivity contribution in [1.29, 1.82) is 0 Å². The van der Waals surface area contributed by atoms with Gasteiger partial charge in [0.05, 0.1) is 30.6 Å². The third-order valence-corrected chi connectivity index (χ3v) is 8.50. The van der Waals surface area contributed by atoms with Crippen LogP contribution in [0, 0.1) is 0 Å². The Morgan fingerprint density at radius 2 is 1.81 bits per heavy atom. The molecule has 2 atom stereocenters. The quantitative estimate of drug-likeness (QED) is 0.612. The van der Waals surface area contributed by atoms with Crippen molar-refractivity contribution < 1.29 is 17.9 Å². The number of aliphatic imine (C=N–C) groups is 1. The van der Waals surface area contributed by atoms with Crippen molar-refractivity contribution in [2.45, 2.75) is 31.1 Å². The second kappa shape index (κ2) is 9.95. The fraction of sp³-hybridized carbons (Fsp3) is 0.391. The number of fused-ring (bicyclic) bond motifs is 1. The number of amidine groups is 1. The number of anilines is 1. The maximum absolute atomic E-state index is 12.3. The molecule has 2 aromatic carbocycles. The number of benzene rings is 2. The third-order valence-electron chi connectivity index (χ3n) is 5.36. The van der Waals surface area contributed by atoms with Gasteiger partial charge in [-0.3, -0.25) is 9.79 Å². The molecule has 2 heterocycles. The molecular weight excluding hydrogens is 446 g/mol. The van der Waals surface area contributed by atoms with Gasteiger partial charge in [-0.05, 0) is 48.7 Å². The van der Waals surface area contributed by atoms with Gasteiger partial charge in [0.25, 0.3) is 0 Å². The number of carbonyl (C=O) groups is 1. The topological polar surface area (TPSA) is 96.9 Å². The van der Waals surface area contributed by atoms with E-state index < -0.39 is 9.84 Å². The van der Waals surface area contributed by atoms with Crippen LogP contribution in [0.3, 0.4) is 0 Å². The molecule has 0 radical (unpaired) electrons. The summed E-state index contributed by atoms with van der Waals surface area (Å²) >= 11 is 1.49. The average Bonchev–Trinajstić information content (AvgIpc) is 3.23. The van der Waals surface area contributed by atoms with Crippen LogP contribution in [0.2, 0.25) is 0 Å². The first-order chi connectivity index (χ1) is 15.4. The Morgan fingerprint density at radius 3 is 2.50 bits per heavy atom. The van der Waals surface area contributed by atoms with Gasteiger partial charge in [0.1, 0.15) is 5.75 Å². The molecule has 170 valence electrons. The lowest BCUT2D eigenvalue weighted by Gasteiger charge is -2.09. The van der Waals surface area contributed by atoms with Crippen LogP contribution in [0.25, 0.3) is 0 Å². The summed E-state index contributed by atoms with van der Waals surface area (Å²) in [5.74, 6) is 1.18. The molecule has 7 nitrogen and oxygen atoms in total. The molecule has 2 N–H and O–H groups in total. The van der Waals surface area contributed by atoms with Crippen molar-refractivity contribution in [3.8, 4) is 5.75 Å². The monoisotopic (exact) mass is 473 g/mol. The standard InChI is InChI=1S/C23H27N3O4S2/c1-2-30-19-9-5-16(6-10-19)11-12-24-22(27)13-17-3-7-18(8-4-17)25-23-26-20-14-32(28,29)15-21(20)31-23/h3-10,20-21H,2,11-15H2,1H3,(H,24,27)(H,25,26)/t20-,21+/m1/s1. The van der Waals surface area contributed by atoms with E-state index in [1.54, 1.807) is 0 Å². The molecule has 0 bridgehead atoms. The molecule has 9 heteroatoms. The Morgan fingerprint density at radius 1 is 1.09 bits per heavy atom. The summed E-state index contributed by atoms with van der Waals surface area (Å²) in [5, 5.41) is 7.00. The number of ether oxygens (including phenoxy) is 1. The molecule has 0 saturated carbocycles. The first-order valence-corrected chi connectivity index (χ1v) is 13.4. The Bertz CT molecular complexity index is 1080. The average molecular weight is 474 g/mol. The van der Waals surface area contributed by atoms with Gasteiger partial charge in [-0.15, -0.1) is 0 Å². The zero-order valence-corrected chi connectivity index (χ0v) is 19.5. The van der Waals surface area contributed by atoms with Crippen molar-refractivity contribution in [2.24, 2.45) is 4.99 Å². The van der Waals surface area contributed by atoms with E-state index in [1.165, 1.54) is 11.8 Å². The van der Waals surface area contributed by atoms with Crippen LogP contribution in [0.15, 0.2) is 53.5 Å². The number of hydrogen-bond acceptors (Lipinski definition) is 7. The van der Waals surface area contributed by atoms with E-state index in [1.807, 2.05) is 55.5 Å². The van der Waals surface area contributed by atoms with Gasteiger partial charge in [0, 0.05) is 17.5 Å². The lowest BCUT2D eigenvalue weighted by Crippen LogP contribution is -2.27. The predicted octanol–water partition coefficient (Wildman–Crippen LogP) is 2.67. The zero-order chi connectivity index (χ0) is 22.6. The van der Waals surface area contributed by atoms with Crippen LogP contribution in [-0.2, 0) is 27.5 Å². The molecule has 0 aromatic heterocycles.